The third kappa shape index (κ3) is 5.05. The zero-order valence-electron chi connectivity index (χ0n) is 18.6. The van der Waals surface area contributed by atoms with Crippen molar-refractivity contribution in [3.05, 3.63) is 47.3 Å². The summed E-state index contributed by atoms with van der Waals surface area (Å²) in [4.78, 5) is 21.1. The van der Waals surface area contributed by atoms with Gasteiger partial charge in [0.1, 0.15) is 5.82 Å². The Morgan fingerprint density at radius 2 is 2.06 bits per heavy atom. The molecular formula is C25H29N3O3S. The third-order valence-corrected chi connectivity index (χ3v) is 6.96. The van der Waals surface area contributed by atoms with Crippen molar-refractivity contribution in [3.63, 3.8) is 0 Å². The van der Waals surface area contributed by atoms with Gasteiger partial charge in [-0.15, -0.1) is 11.3 Å². The lowest BCUT2D eigenvalue weighted by molar-refractivity contribution is -0.127. The molecule has 0 atom stereocenters. The van der Waals surface area contributed by atoms with Gasteiger partial charge in [-0.1, -0.05) is 6.92 Å². The van der Waals surface area contributed by atoms with Crippen LogP contribution in [0.3, 0.4) is 0 Å². The third-order valence-electron chi connectivity index (χ3n) is 5.68. The molecule has 0 unspecified atom stereocenters. The number of rotatable bonds is 9. The highest BCUT2D eigenvalue weighted by molar-refractivity contribution is 7.15. The number of aromatic nitrogens is 1. The van der Waals surface area contributed by atoms with E-state index in [1.165, 1.54) is 9.75 Å². The summed E-state index contributed by atoms with van der Waals surface area (Å²) in [7, 11) is 1.54. The van der Waals surface area contributed by atoms with E-state index in [0.717, 1.165) is 61.5 Å². The predicted octanol–water partition coefficient (Wildman–Crippen LogP) is 5.18. The van der Waals surface area contributed by atoms with Gasteiger partial charge in [-0.2, -0.15) is 0 Å². The Hall–Kier alpha value is -3.06. The van der Waals surface area contributed by atoms with Gasteiger partial charge < -0.3 is 20.1 Å². The van der Waals surface area contributed by atoms with Crippen LogP contribution < -0.4 is 10.1 Å². The van der Waals surface area contributed by atoms with E-state index in [0.29, 0.717) is 12.2 Å². The monoisotopic (exact) mass is 451 g/mol. The Balaban J connectivity index is 1.57. The Kier molecular flexibility index (Phi) is 6.95. The number of thiophene rings is 1. The molecule has 1 fully saturated rings. The summed E-state index contributed by atoms with van der Waals surface area (Å²) in [5.41, 5.74) is 2.79. The summed E-state index contributed by atoms with van der Waals surface area (Å²) in [5, 5.41) is 13.4. The first-order valence-electron chi connectivity index (χ1n) is 11.1. The zero-order chi connectivity index (χ0) is 22.5. The number of methoxy groups -OCH3 is 1. The van der Waals surface area contributed by atoms with Crippen LogP contribution in [-0.4, -0.2) is 47.6 Å². The summed E-state index contributed by atoms with van der Waals surface area (Å²) in [5.74, 6) is 1.58. The van der Waals surface area contributed by atoms with Crippen molar-refractivity contribution in [2.24, 2.45) is 0 Å². The van der Waals surface area contributed by atoms with Gasteiger partial charge in [-0.3, -0.25) is 4.79 Å². The number of carbonyl (C=O) groups is 1. The van der Waals surface area contributed by atoms with Crippen molar-refractivity contribution < 1.29 is 14.6 Å². The molecule has 4 rings (SSSR count). The van der Waals surface area contributed by atoms with E-state index in [9.17, 15) is 9.90 Å². The molecule has 32 heavy (non-hydrogen) atoms. The SMILES string of the molecule is CCc1ccc(-c2cc(NCCCN3CCCC3=O)nc(-c3ccc(O)c(OC)c3)c2)s1. The molecule has 0 bridgehead atoms. The average Bonchev–Trinajstić information content (AvgIpc) is 3.46. The van der Waals surface area contributed by atoms with Crippen molar-refractivity contribution >= 4 is 23.1 Å². The van der Waals surface area contributed by atoms with E-state index in [2.05, 4.69) is 36.5 Å². The predicted molar refractivity (Wildman–Crippen MR) is 130 cm³/mol. The van der Waals surface area contributed by atoms with Crippen LogP contribution in [0.1, 0.15) is 31.1 Å². The average molecular weight is 452 g/mol. The van der Waals surface area contributed by atoms with Crippen LogP contribution in [0, 0.1) is 0 Å². The molecule has 0 aliphatic carbocycles. The number of hydrogen-bond acceptors (Lipinski definition) is 6. The number of ether oxygens (including phenoxy) is 1. The lowest BCUT2D eigenvalue weighted by atomic mass is 10.1. The quantitative estimate of drug-likeness (QED) is 0.439. The molecule has 2 N–H and O–H groups in total. The highest BCUT2D eigenvalue weighted by Crippen LogP contribution is 2.35. The number of phenolic OH excluding ortho intramolecular Hbond substituents is 1. The fraction of sp³-hybridized carbons (Fsp3) is 0.360. The van der Waals surface area contributed by atoms with E-state index in [1.54, 1.807) is 30.6 Å². The van der Waals surface area contributed by atoms with Crippen molar-refractivity contribution in [2.45, 2.75) is 32.6 Å². The van der Waals surface area contributed by atoms with Crippen molar-refractivity contribution in [1.82, 2.24) is 9.88 Å². The standard InChI is InChI=1S/C25H29N3O3S/c1-3-19-8-10-23(32-19)18-14-20(17-7-9-21(29)22(15-17)31-2)27-24(16-18)26-11-5-13-28-12-4-6-25(28)30/h7-10,14-16,29H,3-6,11-13H2,1-2H3,(H,26,27). The van der Waals surface area contributed by atoms with Gasteiger partial charge in [-0.25, -0.2) is 4.98 Å². The van der Waals surface area contributed by atoms with E-state index in [-0.39, 0.29) is 11.7 Å². The molecule has 0 spiro atoms. The second kappa shape index (κ2) is 10.0. The molecule has 1 saturated heterocycles. The molecular weight excluding hydrogens is 422 g/mol. The summed E-state index contributed by atoms with van der Waals surface area (Å²) < 4.78 is 5.28. The Morgan fingerprint density at radius 3 is 2.78 bits per heavy atom. The first kappa shape index (κ1) is 22.1. The van der Waals surface area contributed by atoms with Gasteiger partial charge >= 0.3 is 0 Å². The topological polar surface area (TPSA) is 74.7 Å². The maximum absolute atomic E-state index is 11.8. The molecule has 3 aromatic rings. The van der Waals surface area contributed by atoms with Crippen molar-refractivity contribution in [3.8, 4) is 33.2 Å². The van der Waals surface area contributed by atoms with E-state index < -0.39 is 0 Å². The van der Waals surface area contributed by atoms with Crippen LogP contribution in [0.2, 0.25) is 0 Å². The van der Waals surface area contributed by atoms with Gasteiger partial charge in [0.2, 0.25) is 5.91 Å². The summed E-state index contributed by atoms with van der Waals surface area (Å²) in [6.07, 6.45) is 3.53. The number of hydrogen-bond donors (Lipinski definition) is 2. The smallest absolute Gasteiger partial charge is 0.222 e. The van der Waals surface area contributed by atoms with Gasteiger partial charge in [-0.05, 0) is 67.3 Å². The second-order valence-electron chi connectivity index (χ2n) is 7.90. The molecule has 0 radical (unpaired) electrons. The summed E-state index contributed by atoms with van der Waals surface area (Å²) >= 11 is 1.79. The lowest BCUT2D eigenvalue weighted by Gasteiger charge is -2.16. The highest BCUT2D eigenvalue weighted by atomic mass is 32.1. The number of benzene rings is 1. The molecule has 1 aromatic carbocycles. The van der Waals surface area contributed by atoms with Crippen LogP contribution in [0.25, 0.3) is 21.7 Å². The van der Waals surface area contributed by atoms with Crippen LogP contribution in [0.5, 0.6) is 11.5 Å². The normalized spacial score (nSPS) is 13.6. The molecule has 0 saturated carbocycles. The molecule has 1 aliphatic rings. The van der Waals surface area contributed by atoms with Crippen molar-refractivity contribution in [2.75, 3.05) is 32.1 Å². The number of phenols is 1. The lowest BCUT2D eigenvalue weighted by Crippen LogP contribution is -2.27. The van der Waals surface area contributed by atoms with Crippen molar-refractivity contribution in [1.29, 1.82) is 0 Å². The van der Waals surface area contributed by atoms with Crippen LogP contribution in [0.4, 0.5) is 5.82 Å². The maximum Gasteiger partial charge on any atom is 0.222 e. The molecule has 1 amide bonds. The fourth-order valence-corrected chi connectivity index (χ4v) is 4.83. The summed E-state index contributed by atoms with van der Waals surface area (Å²) in [6.45, 7) is 4.55. The number of anilines is 1. The first-order valence-corrected chi connectivity index (χ1v) is 11.9. The number of likely N-dealkylation sites (tertiary alicyclic amines) is 1. The van der Waals surface area contributed by atoms with Gasteiger partial charge in [0.25, 0.3) is 0 Å². The Bertz CT molecular complexity index is 1100. The van der Waals surface area contributed by atoms with E-state index in [1.807, 2.05) is 11.0 Å². The Labute approximate surface area is 192 Å². The minimum Gasteiger partial charge on any atom is -0.504 e. The zero-order valence-corrected chi connectivity index (χ0v) is 19.4. The number of nitrogens with zero attached hydrogens (tertiary/aromatic N) is 2. The number of aromatic hydroxyl groups is 1. The molecule has 7 heteroatoms. The number of nitrogens with one attached hydrogen (secondary N) is 1. The maximum atomic E-state index is 11.8. The molecule has 2 aromatic heterocycles. The minimum atomic E-state index is 0.105. The number of pyridine rings is 1. The van der Waals surface area contributed by atoms with E-state index >= 15 is 0 Å². The largest absolute Gasteiger partial charge is 0.504 e. The molecule has 1 aliphatic heterocycles. The minimum absolute atomic E-state index is 0.105. The summed E-state index contributed by atoms with van der Waals surface area (Å²) in [6, 6.07) is 13.8. The Morgan fingerprint density at radius 1 is 1.19 bits per heavy atom. The first-order chi connectivity index (χ1) is 15.6. The van der Waals surface area contributed by atoms with Crippen LogP contribution in [-0.2, 0) is 11.2 Å². The van der Waals surface area contributed by atoms with Crippen LogP contribution >= 0.6 is 11.3 Å². The molecule has 168 valence electrons. The van der Waals surface area contributed by atoms with Crippen LogP contribution in [0.15, 0.2) is 42.5 Å². The number of carbonyl (C=O) groups excluding carboxylic acids is 1. The van der Waals surface area contributed by atoms with Gasteiger partial charge in [0.05, 0.1) is 12.8 Å². The molecule has 3 heterocycles. The van der Waals surface area contributed by atoms with E-state index in [4.69, 9.17) is 9.72 Å². The number of amides is 1. The molecule has 6 nitrogen and oxygen atoms in total. The second-order valence-corrected chi connectivity index (χ2v) is 9.07. The van der Waals surface area contributed by atoms with Gasteiger partial charge in [0.15, 0.2) is 11.5 Å². The number of aryl methyl sites for hydroxylation is 1. The fourth-order valence-electron chi connectivity index (χ4n) is 3.90. The van der Waals surface area contributed by atoms with Gasteiger partial charge in [0, 0.05) is 41.4 Å². The highest BCUT2D eigenvalue weighted by Gasteiger charge is 2.19.